The third-order valence-corrected chi connectivity index (χ3v) is 2.02. The van der Waals surface area contributed by atoms with Gasteiger partial charge < -0.3 is 5.11 Å². The minimum absolute atomic E-state index is 0.282. The molecule has 1 N–H and O–H groups in total. The summed E-state index contributed by atoms with van der Waals surface area (Å²) in [4.78, 5) is 0. The Kier molecular flexibility index (Phi) is 3.42. The molecule has 0 radical (unpaired) electrons. The van der Waals surface area contributed by atoms with Gasteiger partial charge in [0.15, 0.2) is 0 Å². The fourth-order valence-electron chi connectivity index (χ4n) is 1.23. The molecule has 0 aliphatic carbocycles. The average Bonchev–Trinajstić information content (AvgIpc) is 2.06. The Bertz CT molecular complexity index is 233. The summed E-state index contributed by atoms with van der Waals surface area (Å²) in [5.74, 6) is 0. The smallest absolute Gasteiger partial charge is 0.139 e. The molecule has 1 aromatic carbocycles. The van der Waals surface area contributed by atoms with Crippen molar-refractivity contribution in [3.8, 4) is 0 Å². The van der Waals surface area contributed by atoms with E-state index in [1.165, 1.54) is 5.46 Å². The maximum Gasteiger partial charge on any atom is 0.139 e. The molecule has 1 rings (SSSR count). The second-order valence-corrected chi connectivity index (χ2v) is 3.22. The van der Waals surface area contributed by atoms with E-state index in [1.54, 1.807) is 0 Å². The van der Waals surface area contributed by atoms with Crippen LogP contribution in [0.2, 0.25) is 6.32 Å². The second-order valence-electron chi connectivity index (χ2n) is 3.22. The van der Waals surface area contributed by atoms with Crippen LogP contribution in [0.3, 0.4) is 0 Å². The van der Waals surface area contributed by atoms with Crippen LogP contribution in [0.4, 0.5) is 0 Å². The highest BCUT2D eigenvalue weighted by Gasteiger charge is 2.04. The molecule has 0 amide bonds. The lowest BCUT2D eigenvalue weighted by molar-refractivity contribution is 0.174. The summed E-state index contributed by atoms with van der Waals surface area (Å²) >= 11 is 0. The molecule has 1 aromatic rings. The van der Waals surface area contributed by atoms with Gasteiger partial charge in [0.25, 0.3) is 0 Å². The van der Waals surface area contributed by atoms with E-state index in [0.717, 1.165) is 18.3 Å². The van der Waals surface area contributed by atoms with Crippen molar-refractivity contribution in [2.24, 2.45) is 0 Å². The Morgan fingerprint density at radius 2 is 1.83 bits per heavy atom. The summed E-state index contributed by atoms with van der Waals surface area (Å²) in [5.41, 5.74) is 2.27. The zero-order valence-corrected chi connectivity index (χ0v) is 7.75. The number of hydrogen-bond donors (Lipinski definition) is 1. The number of rotatable bonds is 3. The highest BCUT2D eigenvalue weighted by Crippen LogP contribution is 2.15. The summed E-state index contributed by atoms with van der Waals surface area (Å²) in [5, 5.41) is 9.61. The van der Waals surface area contributed by atoms with Gasteiger partial charge in [-0.05, 0) is 12.0 Å². The molecule has 12 heavy (non-hydrogen) atoms. The Morgan fingerprint density at radius 3 is 2.33 bits per heavy atom. The molecule has 0 spiro atoms. The lowest BCUT2D eigenvalue weighted by atomic mass is 9.91. The van der Waals surface area contributed by atoms with Crippen LogP contribution >= 0.6 is 0 Å². The van der Waals surface area contributed by atoms with Crippen LogP contribution < -0.4 is 5.46 Å². The lowest BCUT2D eigenvalue weighted by Crippen LogP contribution is -2.03. The molecule has 1 unspecified atom stereocenters. The molecule has 0 bridgehead atoms. The van der Waals surface area contributed by atoms with Gasteiger partial charge in [-0.25, -0.2) is 0 Å². The maximum atomic E-state index is 9.61. The minimum atomic E-state index is -0.282. The van der Waals surface area contributed by atoms with E-state index < -0.39 is 0 Å². The molecule has 0 heterocycles. The first-order chi connectivity index (χ1) is 5.74. The molecule has 1 atom stereocenters. The van der Waals surface area contributed by atoms with E-state index in [9.17, 15) is 5.11 Å². The van der Waals surface area contributed by atoms with Crippen molar-refractivity contribution in [3.63, 3.8) is 0 Å². The summed E-state index contributed by atoms with van der Waals surface area (Å²) in [7, 11) is 4.13. The average molecular weight is 160 g/mol. The van der Waals surface area contributed by atoms with E-state index in [-0.39, 0.29) is 6.10 Å². The van der Waals surface area contributed by atoms with Crippen molar-refractivity contribution in [2.75, 3.05) is 0 Å². The molecule has 0 aromatic heterocycles. The molecule has 0 fully saturated rings. The molecule has 0 aliphatic rings. The summed E-state index contributed by atoms with van der Waals surface area (Å²) in [6.07, 6.45) is 1.59. The fraction of sp³-hybridized carbons (Fsp3) is 0.333. The van der Waals surface area contributed by atoms with Crippen molar-refractivity contribution < 1.29 is 5.11 Å². The Morgan fingerprint density at radius 1 is 1.25 bits per heavy atom. The summed E-state index contributed by atoms with van der Waals surface area (Å²) in [6, 6.07) is 8.06. The highest BCUT2D eigenvalue weighted by molar-refractivity contribution is 6.32. The van der Waals surface area contributed by atoms with E-state index in [4.69, 9.17) is 0 Å². The topological polar surface area (TPSA) is 20.2 Å². The molecule has 0 aliphatic heterocycles. The van der Waals surface area contributed by atoms with Crippen LogP contribution in [-0.4, -0.2) is 20.8 Å². The van der Waals surface area contributed by atoms with E-state index >= 15 is 0 Å². The van der Waals surface area contributed by atoms with Gasteiger partial charge >= 0.3 is 0 Å². The van der Waals surface area contributed by atoms with Gasteiger partial charge in [-0.1, -0.05) is 36.0 Å². The largest absolute Gasteiger partial charge is 0.388 e. The van der Waals surface area contributed by atoms with Gasteiger partial charge in [0.1, 0.15) is 15.7 Å². The van der Waals surface area contributed by atoms with Crippen molar-refractivity contribution in [1.82, 2.24) is 0 Å². The zero-order valence-electron chi connectivity index (χ0n) is 7.75. The molecule has 0 saturated carbocycles. The quantitative estimate of drug-likeness (QED) is 0.586. The SMILES string of the molecule is BCCC(O)c1ccc(B)cc1. The first-order valence-corrected chi connectivity index (χ1v) is 4.48. The highest BCUT2D eigenvalue weighted by atomic mass is 16.3. The minimum Gasteiger partial charge on any atom is -0.388 e. The predicted octanol–water partition coefficient (Wildman–Crippen LogP) is -0.580. The summed E-state index contributed by atoms with van der Waals surface area (Å²) in [6.45, 7) is 0. The predicted molar refractivity (Wildman–Crippen MR) is 57.5 cm³/mol. The molecular weight excluding hydrogens is 146 g/mol. The van der Waals surface area contributed by atoms with Crippen LogP contribution in [0.15, 0.2) is 24.3 Å². The van der Waals surface area contributed by atoms with Gasteiger partial charge in [0, 0.05) is 0 Å². The zero-order chi connectivity index (χ0) is 8.97. The van der Waals surface area contributed by atoms with Gasteiger partial charge in [0.2, 0.25) is 0 Å². The number of aliphatic hydroxyl groups is 1. The van der Waals surface area contributed by atoms with E-state index in [1.807, 2.05) is 24.3 Å². The first kappa shape index (κ1) is 9.40. The number of benzene rings is 1. The van der Waals surface area contributed by atoms with Crippen molar-refractivity contribution >= 4 is 21.2 Å². The molecule has 1 nitrogen and oxygen atoms in total. The van der Waals surface area contributed by atoms with Crippen LogP contribution in [0, 0.1) is 0 Å². The Labute approximate surface area is 75.6 Å². The lowest BCUT2D eigenvalue weighted by Gasteiger charge is -2.09. The molecule has 62 valence electrons. The number of hydrogen-bond acceptors (Lipinski definition) is 1. The Hall–Kier alpha value is -0.690. The van der Waals surface area contributed by atoms with Crippen LogP contribution in [0.1, 0.15) is 18.1 Å². The third kappa shape index (κ3) is 2.42. The van der Waals surface area contributed by atoms with Crippen molar-refractivity contribution in [2.45, 2.75) is 18.8 Å². The van der Waals surface area contributed by atoms with E-state index in [0.29, 0.717) is 0 Å². The normalized spacial score (nSPS) is 12.8. The fourth-order valence-corrected chi connectivity index (χ4v) is 1.23. The van der Waals surface area contributed by atoms with Crippen LogP contribution in [0.25, 0.3) is 0 Å². The summed E-state index contributed by atoms with van der Waals surface area (Å²) < 4.78 is 0. The monoisotopic (exact) mass is 160 g/mol. The van der Waals surface area contributed by atoms with E-state index in [2.05, 4.69) is 15.7 Å². The first-order valence-electron chi connectivity index (χ1n) is 4.48. The standard InChI is InChI=1S/C9H14B2O/c10-6-5-9(12)7-1-3-8(11)4-2-7/h1-4,9,12H,5-6,10-11H2. The van der Waals surface area contributed by atoms with Gasteiger partial charge in [-0.2, -0.15) is 0 Å². The van der Waals surface area contributed by atoms with Gasteiger partial charge in [0.05, 0.1) is 6.10 Å². The third-order valence-electron chi connectivity index (χ3n) is 2.02. The van der Waals surface area contributed by atoms with Crippen LogP contribution in [-0.2, 0) is 0 Å². The second kappa shape index (κ2) is 4.36. The van der Waals surface area contributed by atoms with Crippen molar-refractivity contribution in [3.05, 3.63) is 29.8 Å². The Balaban J connectivity index is 2.68. The molecular formula is C9H14B2O. The van der Waals surface area contributed by atoms with Gasteiger partial charge in [-0.15, -0.1) is 0 Å². The number of aliphatic hydroxyl groups excluding tert-OH is 1. The van der Waals surface area contributed by atoms with Crippen molar-refractivity contribution in [1.29, 1.82) is 0 Å². The molecule has 3 heteroatoms. The van der Waals surface area contributed by atoms with Gasteiger partial charge in [-0.3, -0.25) is 0 Å². The molecule has 0 saturated heterocycles. The van der Waals surface area contributed by atoms with Crippen LogP contribution in [0.5, 0.6) is 0 Å². The maximum absolute atomic E-state index is 9.61.